The quantitative estimate of drug-likeness (QED) is 0.670. The van der Waals surface area contributed by atoms with Crippen molar-refractivity contribution in [1.82, 2.24) is 20.0 Å². The first-order valence-electron chi connectivity index (χ1n) is 11.4. The molecule has 2 fully saturated rings. The molecule has 0 saturated carbocycles. The van der Waals surface area contributed by atoms with Crippen LogP contribution in [-0.4, -0.2) is 66.5 Å². The van der Waals surface area contributed by atoms with Crippen molar-refractivity contribution in [2.45, 2.75) is 19.4 Å². The molecular formula is C25H31N5O2. The van der Waals surface area contributed by atoms with Crippen molar-refractivity contribution in [3.05, 3.63) is 42.6 Å². The molecular weight excluding hydrogens is 402 g/mol. The van der Waals surface area contributed by atoms with E-state index in [1.807, 2.05) is 24.9 Å². The van der Waals surface area contributed by atoms with Crippen molar-refractivity contribution in [3.8, 4) is 16.9 Å². The number of amides is 1. The van der Waals surface area contributed by atoms with Crippen LogP contribution in [0.4, 0.5) is 5.69 Å². The first-order valence-corrected chi connectivity index (χ1v) is 11.4. The number of hydrogen-bond acceptors (Lipinski definition) is 5. The summed E-state index contributed by atoms with van der Waals surface area (Å²) in [4.78, 5) is 16.4. The monoisotopic (exact) mass is 433 g/mol. The van der Waals surface area contributed by atoms with Crippen LogP contribution in [0.15, 0.2) is 42.6 Å². The summed E-state index contributed by atoms with van der Waals surface area (Å²) < 4.78 is 8.23. The number of hydrogen-bond donors (Lipinski definition) is 1. The fourth-order valence-electron chi connectivity index (χ4n) is 4.66. The average Bonchev–Trinajstić information content (AvgIpc) is 3.39. The molecule has 7 heteroatoms. The highest BCUT2D eigenvalue weighted by Gasteiger charge is 2.28. The summed E-state index contributed by atoms with van der Waals surface area (Å²) in [6.07, 6.45) is 2.45. The number of carbonyl (C=O) groups excluding carboxylic acids is 1. The third kappa shape index (κ3) is 4.17. The molecule has 3 aromatic rings. The first-order chi connectivity index (χ1) is 15.5. The highest BCUT2D eigenvalue weighted by atomic mass is 16.5. The Kier molecular flexibility index (Phi) is 5.51. The molecule has 0 radical (unpaired) electrons. The van der Waals surface area contributed by atoms with Gasteiger partial charge in [-0.05, 0) is 49.4 Å². The van der Waals surface area contributed by atoms with Gasteiger partial charge in [-0.15, -0.1) is 0 Å². The largest absolute Gasteiger partial charge is 0.490 e. The summed E-state index contributed by atoms with van der Waals surface area (Å²) in [7, 11) is 4.10. The lowest BCUT2D eigenvalue weighted by Gasteiger charge is -2.34. The zero-order chi connectivity index (χ0) is 22.2. The van der Waals surface area contributed by atoms with Crippen LogP contribution in [0.3, 0.4) is 0 Å². The third-order valence-electron chi connectivity index (χ3n) is 6.76. The van der Waals surface area contributed by atoms with Gasteiger partial charge in [0, 0.05) is 64.0 Å². The van der Waals surface area contributed by atoms with Gasteiger partial charge in [-0.1, -0.05) is 12.1 Å². The fourth-order valence-corrected chi connectivity index (χ4v) is 4.66. The van der Waals surface area contributed by atoms with Gasteiger partial charge in [-0.3, -0.25) is 9.48 Å². The van der Waals surface area contributed by atoms with E-state index in [2.05, 4.69) is 63.7 Å². The van der Waals surface area contributed by atoms with Crippen molar-refractivity contribution in [3.63, 3.8) is 0 Å². The lowest BCUT2D eigenvalue weighted by atomic mass is 10.0. The molecule has 0 spiro atoms. The van der Waals surface area contributed by atoms with Crippen molar-refractivity contribution in [1.29, 1.82) is 0 Å². The third-order valence-corrected chi connectivity index (χ3v) is 6.76. The maximum absolute atomic E-state index is 11.6. The molecule has 0 bridgehead atoms. The van der Waals surface area contributed by atoms with Gasteiger partial charge in [0.2, 0.25) is 5.91 Å². The Labute approximate surface area is 188 Å². The number of fused-ring (bicyclic) bond motifs is 1. The van der Waals surface area contributed by atoms with E-state index in [0.29, 0.717) is 13.0 Å². The van der Waals surface area contributed by atoms with Crippen LogP contribution in [0.5, 0.6) is 5.75 Å². The molecule has 3 heterocycles. The molecule has 0 aliphatic carbocycles. The molecule has 7 nitrogen and oxygen atoms in total. The van der Waals surface area contributed by atoms with Crippen LogP contribution >= 0.6 is 0 Å². The minimum atomic E-state index is -0.0628. The van der Waals surface area contributed by atoms with Gasteiger partial charge in [0.05, 0.1) is 10.9 Å². The zero-order valence-corrected chi connectivity index (χ0v) is 19.0. The van der Waals surface area contributed by atoms with Crippen LogP contribution in [0.25, 0.3) is 22.0 Å². The second-order valence-electron chi connectivity index (χ2n) is 9.14. The number of anilines is 1. The van der Waals surface area contributed by atoms with Gasteiger partial charge >= 0.3 is 0 Å². The van der Waals surface area contributed by atoms with Crippen LogP contribution in [0.2, 0.25) is 0 Å². The molecule has 2 aliphatic heterocycles. The molecule has 2 atom stereocenters. The number of ether oxygens (including phenoxy) is 1. The molecule has 1 aromatic heterocycles. The van der Waals surface area contributed by atoms with Gasteiger partial charge in [-0.25, -0.2) is 0 Å². The van der Waals surface area contributed by atoms with E-state index in [9.17, 15) is 4.79 Å². The molecule has 2 unspecified atom stereocenters. The Morgan fingerprint density at radius 2 is 1.81 bits per heavy atom. The van der Waals surface area contributed by atoms with Crippen LogP contribution in [0.1, 0.15) is 13.3 Å². The summed E-state index contributed by atoms with van der Waals surface area (Å²) in [6.45, 7) is 7.03. The number of aryl methyl sites for hydroxylation is 1. The van der Waals surface area contributed by atoms with E-state index in [1.54, 1.807) is 0 Å². The number of nitrogens with zero attached hydrogens (tertiary/aromatic N) is 4. The molecule has 1 amide bonds. The van der Waals surface area contributed by atoms with Crippen molar-refractivity contribution >= 4 is 22.5 Å². The van der Waals surface area contributed by atoms with Gasteiger partial charge in [-0.2, -0.15) is 5.10 Å². The summed E-state index contributed by atoms with van der Waals surface area (Å²) in [5, 5.41) is 8.53. The topological polar surface area (TPSA) is 62.6 Å². The molecule has 2 saturated heterocycles. The SMILES string of the molecule is CC(Oc1cc(-c2ccc(N3CCN(C)CC3)cc2)cc2nn(C)cc12)C1CNC(=O)C1. The van der Waals surface area contributed by atoms with Crippen LogP contribution in [0, 0.1) is 5.92 Å². The number of aromatic nitrogens is 2. The zero-order valence-electron chi connectivity index (χ0n) is 19.0. The minimum absolute atomic E-state index is 0.0628. The molecule has 2 aromatic carbocycles. The van der Waals surface area contributed by atoms with Crippen molar-refractivity contribution in [2.24, 2.45) is 13.0 Å². The van der Waals surface area contributed by atoms with Gasteiger partial charge < -0.3 is 19.9 Å². The number of benzene rings is 2. The maximum Gasteiger partial charge on any atom is 0.220 e. The lowest BCUT2D eigenvalue weighted by molar-refractivity contribution is -0.119. The van der Waals surface area contributed by atoms with E-state index < -0.39 is 0 Å². The summed E-state index contributed by atoms with van der Waals surface area (Å²) in [6, 6.07) is 13.0. The molecule has 1 N–H and O–H groups in total. The lowest BCUT2D eigenvalue weighted by Crippen LogP contribution is -2.44. The molecule has 32 heavy (non-hydrogen) atoms. The predicted octanol–water partition coefficient (Wildman–Crippen LogP) is 2.90. The second-order valence-corrected chi connectivity index (χ2v) is 9.14. The Hall–Kier alpha value is -3.06. The second kappa shape index (κ2) is 8.47. The summed E-state index contributed by atoms with van der Waals surface area (Å²) in [5.41, 5.74) is 4.41. The fraction of sp³-hybridized carbons (Fsp3) is 0.440. The van der Waals surface area contributed by atoms with Crippen LogP contribution < -0.4 is 15.0 Å². The van der Waals surface area contributed by atoms with Crippen LogP contribution in [-0.2, 0) is 11.8 Å². The molecule has 2 aliphatic rings. The number of likely N-dealkylation sites (N-methyl/N-ethyl adjacent to an activating group) is 1. The van der Waals surface area contributed by atoms with E-state index in [4.69, 9.17) is 4.74 Å². The van der Waals surface area contributed by atoms with Crippen molar-refractivity contribution in [2.75, 3.05) is 44.7 Å². The summed E-state index contributed by atoms with van der Waals surface area (Å²) >= 11 is 0. The first kappa shape index (κ1) is 20.8. The summed E-state index contributed by atoms with van der Waals surface area (Å²) in [5.74, 6) is 1.10. The maximum atomic E-state index is 11.6. The Balaban J connectivity index is 1.42. The van der Waals surface area contributed by atoms with E-state index in [1.165, 1.54) is 5.69 Å². The van der Waals surface area contributed by atoms with Gasteiger partial charge in [0.1, 0.15) is 11.9 Å². The molecule has 5 rings (SSSR count). The van der Waals surface area contributed by atoms with E-state index in [-0.39, 0.29) is 17.9 Å². The number of nitrogens with one attached hydrogen (secondary N) is 1. The number of piperazine rings is 1. The number of carbonyl (C=O) groups is 1. The highest BCUT2D eigenvalue weighted by Crippen LogP contribution is 2.34. The van der Waals surface area contributed by atoms with E-state index >= 15 is 0 Å². The predicted molar refractivity (Wildman–Crippen MR) is 127 cm³/mol. The standard InChI is InChI=1S/C25H31N5O2/c1-17(20-14-25(31)26-15-20)32-24-13-19(12-23-22(24)16-29(3)27-23)18-4-6-21(7-5-18)30-10-8-28(2)9-11-30/h4-7,12-13,16-17,20H,8-11,14-15H2,1-3H3,(H,26,31). The van der Waals surface area contributed by atoms with E-state index in [0.717, 1.165) is 54.0 Å². The Morgan fingerprint density at radius 3 is 2.50 bits per heavy atom. The normalized spacial score (nSPS) is 20.5. The average molecular weight is 434 g/mol. The van der Waals surface area contributed by atoms with Gasteiger partial charge in [0.15, 0.2) is 0 Å². The Morgan fingerprint density at radius 1 is 1.06 bits per heavy atom. The molecule has 168 valence electrons. The smallest absolute Gasteiger partial charge is 0.220 e. The van der Waals surface area contributed by atoms with Crippen molar-refractivity contribution < 1.29 is 9.53 Å². The highest BCUT2D eigenvalue weighted by molar-refractivity contribution is 5.90. The Bertz CT molecular complexity index is 1120. The van der Waals surface area contributed by atoms with Gasteiger partial charge in [0.25, 0.3) is 0 Å². The minimum Gasteiger partial charge on any atom is -0.490 e. The number of rotatable bonds is 5.